The molecule has 3 rings (SSSR count). The minimum absolute atomic E-state index is 0.0251. The molecule has 0 saturated carbocycles. The highest BCUT2D eigenvalue weighted by atomic mass is 35.5. The van der Waals surface area contributed by atoms with E-state index in [1.54, 1.807) is 13.3 Å². The molecule has 0 spiro atoms. The monoisotopic (exact) mass is 423 g/mol. The number of nitrogens with zero attached hydrogens (tertiary/aromatic N) is 3. The largest absolute Gasteiger partial charge is 0.480 e. The first-order valence-electron chi connectivity index (χ1n) is 8.87. The molecule has 10 heteroatoms. The quantitative estimate of drug-likeness (QED) is 0.583. The Morgan fingerprint density at radius 1 is 1.39 bits per heavy atom. The summed E-state index contributed by atoms with van der Waals surface area (Å²) < 4.78 is 12.6. The second-order valence-corrected chi connectivity index (χ2v) is 10.7. The van der Waals surface area contributed by atoms with Crippen LogP contribution in [0.25, 0.3) is 0 Å². The number of carbonyl (C=O) groups is 1. The number of carboxylic acids is 1. The highest BCUT2D eigenvalue weighted by Gasteiger charge is 2.24. The second-order valence-electron chi connectivity index (χ2n) is 7.14. The number of rotatable bonds is 7. The predicted molar refractivity (Wildman–Crippen MR) is 112 cm³/mol. The van der Waals surface area contributed by atoms with E-state index in [0.29, 0.717) is 35.6 Å². The normalized spacial score (nSPS) is 17.5. The van der Waals surface area contributed by atoms with Gasteiger partial charge in [-0.2, -0.15) is 4.98 Å². The van der Waals surface area contributed by atoms with Crippen LogP contribution < -0.4 is 15.9 Å². The van der Waals surface area contributed by atoms with Crippen LogP contribution in [0.5, 0.6) is 0 Å². The lowest BCUT2D eigenvalue weighted by molar-refractivity contribution is -0.138. The number of benzene rings is 1. The van der Waals surface area contributed by atoms with Crippen molar-refractivity contribution in [3.8, 4) is 0 Å². The molecule has 1 aromatic carbocycles. The highest BCUT2D eigenvalue weighted by Crippen LogP contribution is 2.38. The lowest BCUT2D eigenvalue weighted by Crippen LogP contribution is -2.30. The Kier molecular flexibility index (Phi) is 6.23. The van der Waals surface area contributed by atoms with Gasteiger partial charge in [-0.1, -0.05) is 23.7 Å². The van der Waals surface area contributed by atoms with Gasteiger partial charge in [0.05, 0.1) is 18.4 Å². The highest BCUT2D eigenvalue weighted by molar-refractivity contribution is 7.70. The Morgan fingerprint density at radius 3 is 2.86 bits per heavy atom. The van der Waals surface area contributed by atoms with E-state index in [1.165, 1.54) is 6.20 Å². The first-order chi connectivity index (χ1) is 13.2. The lowest BCUT2D eigenvalue weighted by Gasteiger charge is -2.17. The molecule has 1 saturated heterocycles. The summed E-state index contributed by atoms with van der Waals surface area (Å²) >= 11 is 6.25. The topological polar surface area (TPSA) is 107 Å². The summed E-state index contributed by atoms with van der Waals surface area (Å²) in [5, 5.41) is 16.4. The third-order valence-corrected chi connectivity index (χ3v) is 6.27. The van der Waals surface area contributed by atoms with Crippen molar-refractivity contribution in [1.29, 1.82) is 0 Å². The van der Waals surface area contributed by atoms with Crippen molar-refractivity contribution in [3.05, 3.63) is 35.5 Å². The molecule has 2 heterocycles. The summed E-state index contributed by atoms with van der Waals surface area (Å²) in [6.07, 6.45) is 2.31. The van der Waals surface area contributed by atoms with Crippen molar-refractivity contribution >= 4 is 47.5 Å². The van der Waals surface area contributed by atoms with Gasteiger partial charge in [0.1, 0.15) is 12.2 Å². The van der Waals surface area contributed by atoms with Gasteiger partial charge >= 0.3 is 5.97 Å². The van der Waals surface area contributed by atoms with E-state index in [1.807, 2.05) is 29.2 Å². The van der Waals surface area contributed by atoms with E-state index in [9.17, 15) is 9.36 Å². The predicted octanol–water partition coefficient (Wildman–Crippen LogP) is 2.69. The number of aliphatic carboxylic acids is 1. The number of nitrogens with one attached hydrogen (secondary N) is 2. The SMILES string of the molecule is CP(C)(=O)c1ccccc1Nc1nc(NC2CCN(CC(=O)O)C2)ncc1Cl. The van der Waals surface area contributed by atoms with Gasteiger partial charge in [-0.15, -0.1) is 0 Å². The Balaban J connectivity index is 1.75. The van der Waals surface area contributed by atoms with Gasteiger partial charge in [-0.25, -0.2) is 4.98 Å². The van der Waals surface area contributed by atoms with E-state index in [0.717, 1.165) is 11.7 Å². The zero-order chi connectivity index (χ0) is 20.3. The third-order valence-electron chi connectivity index (χ3n) is 4.45. The number of aromatic nitrogens is 2. The molecule has 0 amide bonds. The standard InChI is InChI=1S/C18H23ClN5O3P/c1-28(2,27)15-6-4-3-5-14(15)22-17-13(19)9-20-18(23-17)21-12-7-8-24(10-12)11-16(25)26/h3-6,9,12H,7-8,10-11H2,1-2H3,(H,25,26)(H2,20,21,22,23). The molecule has 3 N–H and O–H groups in total. The molecule has 1 aliphatic heterocycles. The smallest absolute Gasteiger partial charge is 0.317 e. The van der Waals surface area contributed by atoms with Crippen molar-refractivity contribution in [2.24, 2.45) is 0 Å². The molecule has 0 radical (unpaired) electrons. The lowest BCUT2D eigenvalue weighted by atomic mass is 10.3. The Morgan fingerprint density at radius 2 is 2.14 bits per heavy atom. The minimum Gasteiger partial charge on any atom is -0.480 e. The third kappa shape index (κ3) is 5.22. The van der Waals surface area contributed by atoms with Crippen LogP contribution >= 0.6 is 18.7 Å². The van der Waals surface area contributed by atoms with E-state index < -0.39 is 13.1 Å². The molecule has 1 atom stereocenters. The van der Waals surface area contributed by atoms with Crippen molar-refractivity contribution in [3.63, 3.8) is 0 Å². The van der Waals surface area contributed by atoms with Crippen LogP contribution in [0.3, 0.4) is 0 Å². The molecule has 2 aromatic rings. The van der Waals surface area contributed by atoms with Gasteiger partial charge in [0, 0.05) is 24.4 Å². The van der Waals surface area contributed by atoms with E-state index >= 15 is 0 Å². The average Bonchev–Trinajstić information content (AvgIpc) is 3.03. The summed E-state index contributed by atoms with van der Waals surface area (Å²) in [5.41, 5.74) is 0.691. The van der Waals surface area contributed by atoms with Crippen LogP contribution in [0.4, 0.5) is 17.5 Å². The van der Waals surface area contributed by atoms with E-state index in [4.69, 9.17) is 16.7 Å². The number of carboxylic acid groups (broad SMARTS) is 1. The molecular formula is C18H23ClN5O3P. The van der Waals surface area contributed by atoms with Crippen molar-refractivity contribution in [2.75, 3.05) is 43.6 Å². The molecule has 0 aliphatic carbocycles. The van der Waals surface area contributed by atoms with Gasteiger partial charge < -0.3 is 20.3 Å². The van der Waals surface area contributed by atoms with Crippen LogP contribution in [0.15, 0.2) is 30.5 Å². The zero-order valence-corrected chi connectivity index (χ0v) is 17.4. The summed E-state index contributed by atoms with van der Waals surface area (Å²) in [6, 6.07) is 7.42. The fourth-order valence-electron chi connectivity index (χ4n) is 3.17. The maximum atomic E-state index is 12.6. The van der Waals surface area contributed by atoms with Crippen LogP contribution in [-0.4, -0.2) is 64.9 Å². The molecule has 1 fully saturated rings. The zero-order valence-electron chi connectivity index (χ0n) is 15.7. The summed E-state index contributed by atoms with van der Waals surface area (Å²) in [6.45, 7) is 4.77. The Hall–Kier alpha value is -2.15. The minimum atomic E-state index is -2.48. The molecule has 1 unspecified atom stereocenters. The number of halogens is 1. The summed E-state index contributed by atoms with van der Waals surface area (Å²) in [4.78, 5) is 21.4. The van der Waals surface area contributed by atoms with Gasteiger partial charge in [0.15, 0.2) is 5.82 Å². The number of anilines is 3. The molecule has 8 nitrogen and oxygen atoms in total. The van der Waals surface area contributed by atoms with Gasteiger partial charge in [-0.05, 0) is 31.9 Å². The maximum absolute atomic E-state index is 12.6. The van der Waals surface area contributed by atoms with E-state index in [-0.39, 0.29) is 12.6 Å². The van der Waals surface area contributed by atoms with Gasteiger partial charge in [-0.3, -0.25) is 9.69 Å². The maximum Gasteiger partial charge on any atom is 0.317 e. The molecule has 1 aromatic heterocycles. The Labute approximate surface area is 168 Å². The Bertz CT molecular complexity index is 920. The van der Waals surface area contributed by atoms with Crippen molar-refractivity contribution < 1.29 is 14.5 Å². The molecule has 28 heavy (non-hydrogen) atoms. The van der Waals surface area contributed by atoms with Crippen LogP contribution in [0, 0.1) is 0 Å². The van der Waals surface area contributed by atoms with Gasteiger partial charge in [0.25, 0.3) is 0 Å². The van der Waals surface area contributed by atoms with Crippen LogP contribution in [0.1, 0.15) is 6.42 Å². The van der Waals surface area contributed by atoms with Gasteiger partial charge in [0.2, 0.25) is 5.95 Å². The number of hydrogen-bond acceptors (Lipinski definition) is 7. The molecule has 0 bridgehead atoms. The number of hydrogen-bond donors (Lipinski definition) is 3. The average molecular weight is 424 g/mol. The fraction of sp³-hybridized carbons (Fsp3) is 0.389. The van der Waals surface area contributed by atoms with Crippen LogP contribution in [0.2, 0.25) is 5.02 Å². The van der Waals surface area contributed by atoms with Crippen molar-refractivity contribution in [1.82, 2.24) is 14.9 Å². The van der Waals surface area contributed by atoms with E-state index in [2.05, 4.69) is 20.6 Å². The fourth-order valence-corrected chi connectivity index (χ4v) is 4.46. The first-order valence-corrected chi connectivity index (χ1v) is 11.8. The summed E-state index contributed by atoms with van der Waals surface area (Å²) in [7, 11) is -2.48. The second kappa shape index (κ2) is 8.47. The first kappa shape index (κ1) is 20.6. The molecular weight excluding hydrogens is 401 g/mol. The molecule has 150 valence electrons. The number of para-hydroxylation sites is 1. The number of likely N-dealkylation sites (tertiary alicyclic amines) is 1. The molecule has 1 aliphatic rings. The van der Waals surface area contributed by atoms with Crippen molar-refractivity contribution in [2.45, 2.75) is 12.5 Å². The van der Waals surface area contributed by atoms with Crippen LogP contribution in [-0.2, 0) is 9.36 Å². The summed E-state index contributed by atoms with van der Waals surface area (Å²) in [5.74, 6) is -0.0131.